The van der Waals surface area contributed by atoms with Gasteiger partial charge in [-0.3, -0.25) is 4.79 Å². The molecule has 1 aliphatic rings. The molecule has 0 bridgehead atoms. The van der Waals surface area contributed by atoms with Gasteiger partial charge in [-0.1, -0.05) is 5.16 Å². The van der Waals surface area contributed by atoms with Crippen molar-refractivity contribution in [2.75, 3.05) is 7.05 Å². The van der Waals surface area contributed by atoms with E-state index in [2.05, 4.69) is 5.16 Å². The van der Waals surface area contributed by atoms with Crippen LogP contribution in [0.25, 0.3) is 0 Å². The van der Waals surface area contributed by atoms with Crippen LogP contribution >= 0.6 is 0 Å². The van der Waals surface area contributed by atoms with Crippen molar-refractivity contribution in [1.82, 2.24) is 10.1 Å². The van der Waals surface area contributed by atoms with E-state index in [9.17, 15) is 4.79 Å². The summed E-state index contributed by atoms with van der Waals surface area (Å²) in [4.78, 5) is 13.7. The summed E-state index contributed by atoms with van der Waals surface area (Å²) in [6.07, 6.45) is 3.85. The molecule has 0 unspecified atom stereocenters. The minimum Gasteiger partial charge on any atom is -0.467 e. The Hall–Kier alpha value is -2.04. The number of hydrogen-bond donors (Lipinski definition) is 0. The summed E-state index contributed by atoms with van der Waals surface area (Å²) in [6.45, 7) is 0.428. The lowest BCUT2D eigenvalue weighted by Crippen LogP contribution is -2.26. The Morgan fingerprint density at radius 2 is 2.39 bits per heavy atom. The van der Waals surface area contributed by atoms with Gasteiger partial charge >= 0.3 is 0 Å². The molecule has 2 aromatic heterocycles. The second-order valence-electron chi connectivity index (χ2n) is 4.63. The highest BCUT2D eigenvalue weighted by molar-refractivity contribution is 5.92. The van der Waals surface area contributed by atoms with Gasteiger partial charge in [-0.05, 0) is 25.0 Å². The quantitative estimate of drug-likeness (QED) is 0.831. The van der Waals surface area contributed by atoms with Gasteiger partial charge in [-0.2, -0.15) is 0 Å². The van der Waals surface area contributed by atoms with E-state index in [1.807, 2.05) is 6.07 Å². The molecule has 5 heteroatoms. The topological polar surface area (TPSA) is 59.5 Å². The number of furan rings is 1. The fourth-order valence-corrected chi connectivity index (χ4v) is 1.85. The lowest BCUT2D eigenvalue weighted by Gasteiger charge is -2.13. The van der Waals surface area contributed by atoms with E-state index in [1.165, 1.54) is 0 Å². The summed E-state index contributed by atoms with van der Waals surface area (Å²) < 4.78 is 10.4. The van der Waals surface area contributed by atoms with Crippen molar-refractivity contribution in [3.63, 3.8) is 0 Å². The fraction of sp³-hybridized carbons (Fsp3) is 0.385. The predicted molar refractivity (Wildman–Crippen MR) is 63.0 cm³/mol. The minimum absolute atomic E-state index is 0.151. The first-order chi connectivity index (χ1) is 8.74. The van der Waals surface area contributed by atoms with Gasteiger partial charge in [0.05, 0.1) is 12.8 Å². The third kappa shape index (κ3) is 2.16. The molecule has 1 aliphatic carbocycles. The van der Waals surface area contributed by atoms with E-state index < -0.39 is 0 Å². The molecule has 2 aromatic rings. The molecule has 0 N–H and O–H groups in total. The predicted octanol–water partition coefficient (Wildman–Crippen LogP) is 2.42. The van der Waals surface area contributed by atoms with Gasteiger partial charge in [0, 0.05) is 19.0 Å². The first-order valence-electron chi connectivity index (χ1n) is 5.98. The first-order valence-corrected chi connectivity index (χ1v) is 5.98. The third-order valence-corrected chi connectivity index (χ3v) is 3.05. The number of carbonyl (C=O) groups is 1. The van der Waals surface area contributed by atoms with Crippen LogP contribution in [-0.2, 0) is 6.54 Å². The van der Waals surface area contributed by atoms with Crippen molar-refractivity contribution in [3.8, 4) is 0 Å². The molecule has 0 spiro atoms. The summed E-state index contributed by atoms with van der Waals surface area (Å²) >= 11 is 0. The first kappa shape index (κ1) is 11.1. The zero-order valence-corrected chi connectivity index (χ0v) is 10.1. The minimum atomic E-state index is -0.151. The van der Waals surface area contributed by atoms with Crippen molar-refractivity contribution in [1.29, 1.82) is 0 Å². The molecule has 2 heterocycles. The van der Waals surface area contributed by atoms with Crippen LogP contribution in [0, 0.1) is 0 Å². The molecule has 0 radical (unpaired) electrons. The molecule has 1 saturated carbocycles. The maximum absolute atomic E-state index is 12.1. The van der Waals surface area contributed by atoms with E-state index >= 15 is 0 Å². The highest BCUT2D eigenvalue weighted by Crippen LogP contribution is 2.40. The van der Waals surface area contributed by atoms with E-state index in [0.717, 1.165) is 24.4 Å². The number of nitrogens with zero attached hydrogens (tertiary/aromatic N) is 2. The standard InChI is InChI=1S/C13H14N2O3/c1-15(8-10-3-2-6-17-10)13(16)11-7-12(18-14-11)9-4-5-9/h2-3,6-7,9H,4-5,8H2,1H3. The molecule has 0 atom stereocenters. The lowest BCUT2D eigenvalue weighted by molar-refractivity contribution is 0.0765. The van der Waals surface area contributed by atoms with E-state index in [0.29, 0.717) is 18.2 Å². The van der Waals surface area contributed by atoms with Crippen molar-refractivity contribution < 1.29 is 13.7 Å². The monoisotopic (exact) mass is 246 g/mol. The molecule has 3 rings (SSSR count). The SMILES string of the molecule is CN(Cc1ccco1)C(=O)c1cc(C2CC2)on1. The van der Waals surface area contributed by atoms with Gasteiger partial charge < -0.3 is 13.8 Å². The summed E-state index contributed by atoms with van der Waals surface area (Å²) in [6, 6.07) is 5.38. The highest BCUT2D eigenvalue weighted by Gasteiger charge is 2.29. The van der Waals surface area contributed by atoms with Gasteiger partial charge in [0.25, 0.3) is 5.91 Å². The lowest BCUT2D eigenvalue weighted by atomic mass is 10.2. The Morgan fingerprint density at radius 3 is 3.06 bits per heavy atom. The Bertz CT molecular complexity index is 540. The third-order valence-electron chi connectivity index (χ3n) is 3.05. The van der Waals surface area contributed by atoms with E-state index in [4.69, 9.17) is 8.94 Å². The Balaban J connectivity index is 1.68. The second kappa shape index (κ2) is 4.33. The average molecular weight is 246 g/mol. The number of carbonyl (C=O) groups excluding carboxylic acids is 1. The molecule has 18 heavy (non-hydrogen) atoms. The van der Waals surface area contributed by atoms with Crippen LogP contribution in [0.1, 0.15) is 40.8 Å². The molecule has 0 aromatic carbocycles. The van der Waals surface area contributed by atoms with Crippen LogP contribution in [0.15, 0.2) is 33.4 Å². The van der Waals surface area contributed by atoms with Crippen LogP contribution in [0.3, 0.4) is 0 Å². The normalized spacial score (nSPS) is 14.7. The molecule has 1 fully saturated rings. The van der Waals surface area contributed by atoms with Crippen LogP contribution in [0.5, 0.6) is 0 Å². The Morgan fingerprint density at radius 1 is 1.56 bits per heavy atom. The molecule has 1 amide bonds. The number of hydrogen-bond acceptors (Lipinski definition) is 4. The molecule has 5 nitrogen and oxygen atoms in total. The van der Waals surface area contributed by atoms with Crippen molar-refractivity contribution in [2.45, 2.75) is 25.3 Å². The average Bonchev–Trinajstić information content (AvgIpc) is 2.91. The maximum Gasteiger partial charge on any atom is 0.276 e. The molecule has 0 aliphatic heterocycles. The van der Waals surface area contributed by atoms with Crippen LogP contribution in [-0.4, -0.2) is 23.0 Å². The van der Waals surface area contributed by atoms with Crippen molar-refractivity contribution >= 4 is 5.91 Å². The van der Waals surface area contributed by atoms with Crippen LogP contribution < -0.4 is 0 Å². The number of amides is 1. The maximum atomic E-state index is 12.1. The van der Waals surface area contributed by atoms with Gasteiger partial charge in [-0.25, -0.2) is 0 Å². The summed E-state index contributed by atoms with van der Waals surface area (Å²) in [7, 11) is 1.72. The Labute approximate surface area is 104 Å². The van der Waals surface area contributed by atoms with Crippen molar-refractivity contribution in [3.05, 3.63) is 41.7 Å². The Kier molecular flexibility index (Phi) is 2.66. The second-order valence-corrected chi connectivity index (χ2v) is 4.63. The molecule has 0 saturated heterocycles. The highest BCUT2D eigenvalue weighted by atomic mass is 16.5. The smallest absolute Gasteiger partial charge is 0.276 e. The number of rotatable bonds is 4. The zero-order valence-electron chi connectivity index (χ0n) is 10.1. The van der Waals surface area contributed by atoms with E-state index in [-0.39, 0.29) is 5.91 Å². The van der Waals surface area contributed by atoms with Gasteiger partial charge in [0.15, 0.2) is 5.69 Å². The largest absolute Gasteiger partial charge is 0.467 e. The van der Waals surface area contributed by atoms with Crippen molar-refractivity contribution in [2.24, 2.45) is 0 Å². The fourth-order valence-electron chi connectivity index (χ4n) is 1.85. The molecular weight excluding hydrogens is 232 g/mol. The van der Waals surface area contributed by atoms with E-state index in [1.54, 1.807) is 30.3 Å². The molecule has 94 valence electrons. The number of aromatic nitrogens is 1. The van der Waals surface area contributed by atoms with Gasteiger partial charge in [0.2, 0.25) is 0 Å². The zero-order chi connectivity index (χ0) is 12.5. The summed E-state index contributed by atoms with van der Waals surface area (Å²) in [5, 5.41) is 3.83. The summed E-state index contributed by atoms with van der Waals surface area (Å²) in [5.74, 6) is 1.89. The van der Waals surface area contributed by atoms with Gasteiger partial charge in [-0.15, -0.1) is 0 Å². The molecular formula is C13H14N2O3. The van der Waals surface area contributed by atoms with Crippen LogP contribution in [0.4, 0.5) is 0 Å². The van der Waals surface area contributed by atoms with Gasteiger partial charge in [0.1, 0.15) is 11.5 Å². The van der Waals surface area contributed by atoms with Crippen LogP contribution in [0.2, 0.25) is 0 Å². The summed E-state index contributed by atoms with van der Waals surface area (Å²) in [5.41, 5.74) is 0.367.